The predicted octanol–water partition coefficient (Wildman–Crippen LogP) is 4.77. The molecule has 0 aliphatic carbocycles. The Hall–Kier alpha value is -3.03. The van der Waals surface area contributed by atoms with Crippen molar-refractivity contribution >= 4 is 23.2 Å². The van der Waals surface area contributed by atoms with Gasteiger partial charge >= 0.3 is 0 Å². The summed E-state index contributed by atoms with van der Waals surface area (Å²) in [7, 11) is 0. The number of aryl methyl sites for hydroxylation is 1. The fraction of sp³-hybridized carbons (Fsp3) is 0.379. The lowest BCUT2D eigenvalue weighted by atomic mass is 9.93. The van der Waals surface area contributed by atoms with Gasteiger partial charge in [-0.1, -0.05) is 31.2 Å². The average molecular weight is 506 g/mol. The minimum atomic E-state index is -0.261. The molecule has 3 heterocycles. The lowest BCUT2D eigenvalue weighted by Crippen LogP contribution is -2.45. The number of rotatable bonds is 5. The van der Waals surface area contributed by atoms with Crippen LogP contribution >= 0.6 is 11.3 Å². The maximum absolute atomic E-state index is 14.1. The van der Waals surface area contributed by atoms with Crippen molar-refractivity contribution in [3.05, 3.63) is 92.9 Å². The third kappa shape index (κ3) is 5.22. The topological polar surface area (TPSA) is 43.9 Å². The molecular formula is C29H32FN3O2S. The van der Waals surface area contributed by atoms with Crippen LogP contribution in [0.25, 0.3) is 0 Å². The molecule has 0 spiro atoms. The predicted molar refractivity (Wildman–Crippen MR) is 141 cm³/mol. The minimum Gasteiger partial charge on any atom is -0.340 e. The van der Waals surface area contributed by atoms with Gasteiger partial charge in [-0.25, -0.2) is 4.39 Å². The molecule has 3 aromatic rings. The summed E-state index contributed by atoms with van der Waals surface area (Å²) < 4.78 is 14.1. The number of benzene rings is 2. The zero-order chi connectivity index (χ0) is 25.1. The summed E-state index contributed by atoms with van der Waals surface area (Å²) in [6.45, 7) is 5.48. The highest BCUT2D eigenvalue weighted by Gasteiger charge is 2.32. The second kappa shape index (κ2) is 10.9. The Bertz CT molecular complexity index is 1230. The molecule has 36 heavy (non-hydrogen) atoms. The van der Waals surface area contributed by atoms with Crippen molar-refractivity contribution in [3.63, 3.8) is 0 Å². The Balaban J connectivity index is 1.26. The van der Waals surface area contributed by atoms with Gasteiger partial charge in [0.15, 0.2) is 0 Å². The van der Waals surface area contributed by atoms with E-state index in [0.717, 1.165) is 31.4 Å². The summed E-state index contributed by atoms with van der Waals surface area (Å²) in [4.78, 5) is 33.7. The van der Waals surface area contributed by atoms with Crippen LogP contribution in [0, 0.1) is 5.82 Å². The van der Waals surface area contributed by atoms with Gasteiger partial charge in [0, 0.05) is 43.2 Å². The monoisotopic (exact) mass is 505 g/mol. The highest BCUT2D eigenvalue weighted by Crippen LogP contribution is 2.37. The Morgan fingerprint density at radius 1 is 0.972 bits per heavy atom. The van der Waals surface area contributed by atoms with Gasteiger partial charge in [-0.3, -0.25) is 14.5 Å². The van der Waals surface area contributed by atoms with E-state index in [1.165, 1.54) is 22.1 Å². The maximum Gasteiger partial charge on any atom is 0.253 e. The first kappa shape index (κ1) is 24.7. The van der Waals surface area contributed by atoms with Gasteiger partial charge in [-0.15, -0.1) is 11.3 Å². The molecule has 5 nitrogen and oxygen atoms in total. The van der Waals surface area contributed by atoms with E-state index in [2.05, 4.69) is 23.3 Å². The summed E-state index contributed by atoms with van der Waals surface area (Å²) in [6.07, 6.45) is 2.60. The van der Waals surface area contributed by atoms with E-state index in [9.17, 15) is 14.0 Å². The second-order valence-corrected chi connectivity index (χ2v) is 10.6. The molecule has 1 fully saturated rings. The van der Waals surface area contributed by atoms with Gasteiger partial charge in [-0.2, -0.15) is 0 Å². The molecular weight excluding hydrogens is 473 g/mol. The van der Waals surface area contributed by atoms with Crippen LogP contribution in [0.15, 0.2) is 60.0 Å². The van der Waals surface area contributed by atoms with Crippen LogP contribution in [0.2, 0.25) is 0 Å². The standard InChI is InChI=1S/C29H32FN3O2S/c1-2-21-7-9-22(10-8-21)29(35)32-14-4-13-31(16-17-32)27(34)20-33-15-11-26-25(12-18-36-26)28(33)23-5-3-6-24(30)19-23/h3,5-10,12,18-19,28H,2,4,11,13-17,20H2,1H3/t28-/m1/s1. The number of thiophene rings is 1. The van der Waals surface area contributed by atoms with Crippen molar-refractivity contribution in [1.29, 1.82) is 0 Å². The molecule has 188 valence electrons. The van der Waals surface area contributed by atoms with Gasteiger partial charge in [-0.05, 0) is 71.7 Å². The number of hydrogen-bond acceptors (Lipinski definition) is 4. The maximum atomic E-state index is 14.1. The summed E-state index contributed by atoms with van der Waals surface area (Å²) in [6, 6.07) is 16.5. The number of halogens is 1. The zero-order valence-corrected chi connectivity index (χ0v) is 21.5. The van der Waals surface area contributed by atoms with Gasteiger partial charge in [0.2, 0.25) is 5.91 Å². The quantitative estimate of drug-likeness (QED) is 0.502. The lowest BCUT2D eigenvalue weighted by molar-refractivity contribution is -0.132. The number of nitrogens with zero attached hydrogens (tertiary/aromatic N) is 3. The van der Waals surface area contributed by atoms with Gasteiger partial charge in [0.25, 0.3) is 5.91 Å². The molecule has 1 atom stereocenters. The number of hydrogen-bond donors (Lipinski definition) is 0. The van der Waals surface area contributed by atoms with Gasteiger partial charge < -0.3 is 9.80 Å². The molecule has 2 aromatic carbocycles. The van der Waals surface area contributed by atoms with E-state index < -0.39 is 0 Å². The smallest absolute Gasteiger partial charge is 0.253 e. The van der Waals surface area contributed by atoms with Crippen LogP contribution in [0.3, 0.4) is 0 Å². The molecule has 2 aliphatic rings. The third-order valence-electron chi connectivity index (χ3n) is 7.31. The second-order valence-electron chi connectivity index (χ2n) is 9.55. The van der Waals surface area contributed by atoms with Gasteiger partial charge in [0.05, 0.1) is 12.6 Å². The molecule has 0 bridgehead atoms. The van der Waals surface area contributed by atoms with Crippen LogP contribution in [-0.4, -0.2) is 65.8 Å². The lowest BCUT2D eigenvalue weighted by Gasteiger charge is -2.37. The number of carbonyl (C=O) groups is 2. The van der Waals surface area contributed by atoms with Crippen molar-refractivity contribution in [1.82, 2.24) is 14.7 Å². The highest BCUT2D eigenvalue weighted by molar-refractivity contribution is 7.10. The number of fused-ring (bicyclic) bond motifs is 1. The summed E-state index contributed by atoms with van der Waals surface area (Å²) >= 11 is 1.73. The largest absolute Gasteiger partial charge is 0.340 e. The van der Waals surface area contributed by atoms with Crippen LogP contribution in [0.4, 0.5) is 4.39 Å². The van der Waals surface area contributed by atoms with Crippen LogP contribution in [-0.2, 0) is 17.6 Å². The summed E-state index contributed by atoms with van der Waals surface area (Å²) in [5.41, 5.74) is 3.96. The number of amides is 2. The molecule has 0 saturated carbocycles. The summed E-state index contributed by atoms with van der Waals surface area (Å²) in [5, 5.41) is 2.08. The van der Waals surface area contributed by atoms with Crippen LogP contribution in [0.1, 0.15) is 51.3 Å². The Morgan fingerprint density at radius 2 is 1.75 bits per heavy atom. The highest BCUT2D eigenvalue weighted by atomic mass is 32.1. The molecule has 0 N–H and O–H groups in total. The Kier molecular flexibility index (Phi) is 7.48. The van der Waals surface area contributed by atoms with Crippen molar-refractivity contribution in [2.75, 3.05) is 39.3 Å². The SMILES string of the molecule is CCc1ccc(C(=O)N2CCCN(C(=O)CN3CCc4sccc4[C@H]3c3cccc(F)c3)CC2)cc1. The average Bonchev–Trinajstić information content (AvgIpc) is 3.23. The van der Waals surface area contributed by atoms with Crippen LogP contribution in [0.5, 0.6) is 0 Å². The number of carbonyl (C=O) groups excluding carboxylic acids is 2. The Labute approximate surface area is 216 Å². The Morgan fingerprint density at radius 3 is 2.53 bits per heavy atom. The molecule has 5 rings (SSSR count). The first-order valence-corrected chi connectivity index (χ1v) is 13.6. The first-order chi connectivity index (χ1) is 17.5. The molecule has 1 saturated heterocycles. The van der Waals surface area contributed by atoms with Crippen molar-refractivity contribution in [2.24, 2.45) is 0 Å². The fourth-order valence-electron chi connectivity index (χ4n) is 5.31. The fourth-order valence-corrected chi connectivity index (χ4v) is 6.22. The normalized spacial score (nSPS) is 18.6. The van der Waals surface area contributed by atoms with Crippen molar-refractivity contribution in [2.45, 2.75) is 32.2 Å². The molecule has 2 amide bonds. The van der Waals surface area contributed by atoms with Crippen LogP contribution < -0.4 is 0 Å². The summed E-state index contributed by atoms with van der Waals surface area (Å²) in [5.74, 6) is -0.168. The molecule has 0 radical (unpaired) electrons. The van der Waals surface area contributed by atoms with E-state index in [4.69, 9.17) is 0 Å². The van der Waals surface area contributed by atoms with E-state index in [-0.39, 0.29) is 30.2 Å². The molecule has 2 aliphatic heterocycles. The molecule has 7 heteroatoms. The van der Waals surface area contributed by atoms with Crippen molar-refractivity contribution < 1.29 is 14.0 Å². The minimum absolute atomic E-state index is 0.0270. The molecule has 1 aromatic heterocycles. The van der Waals surface area contributed by atoms with E-state index in [1.807, 2.05) is 40.1 Å². The van der Waals surface area contributed by atoms with E-state index in [0.29, 0.717) is 31.7 Å². The van der Waals surface area contributed by atoms with E-state index in [1.54, 1.807) is 23.5 Å². The van der Waals surface area contributed by atoms with Gasteiger partial charge in [0.1, 0.15) is 5.82 Å². The van der Waals surface area contributed by atoms with E-state index >= 15 is 0 Å². The first-order valence-electron chi connectivity index (χ1n) is 12.7. The third-order valence-corrected chi connectivity index (χ3v) is 8.31. The van der Waals surface area contributed by atoms with Crippen molar-refractivity contribution in [3.8, 4) is 0 Å². The zero-order valence-electron chi connectivity index (χ0n) is 20.7. The molecule has 0 unspecified atom stereocenters.